The zero-order valence-electron chi connectivity index (χ0n) is 15.9. The van der Waals surface area contributed by atoms with E-state index in [1.165, 1.54) is 11.1 Å². The van der Waals surface area contributed by atoms with E-state index >= 15 is 0 Å². The summed E-state index contributed by atoms with van der Waals surface area (Å²) >= 11 is 0. The second-order valence-electron chi connectivity index (χ2n) is 9.57. The molecule has 0 heterocycles. The Morgan fingerprint density at radius 2 is 1.76 bits per heavy atom. The average molecular weight is 342 g/mol. The van der Waals surface area contributed by atoms with Gasteiger partial charge in [-0.1, -0.05) is 25.5 Å². The van der Waals surface area contributed by atoms with Crippen LogP contribution in [0.3, 0.4) is 0 Å². The predicted molar refractivity (Wildman–Crippen MR) is 96.9 cm³/mol. The van der Waals surface area contributed by atoms with E-state index in [1.54, 1.807) is 6.92 Å². The minimum atomic E-state index is -1.22. The molecule has 0 aliphatic heterocycles. The van der Waals surface area contributed by atoms with Crippen molar-refractivity contribution in [1.29, 1.82) is 0 Å². The molecule has 0 aromatic heterocycles. The number of Topliss-reactive ketones (excluding diaryl/α,β-unsaturated/α-hetero) is 1. The largest absolute Gasteiger partial charge is 0.382 e. The Bertz CT molecular complexity index is 713. The van der Waals surface area contributed by atoms with Crippen molar-refractivity contribution >= 4 is 11.6 Å². The number of hydrogen-bond acceptors (Lipinski definition) is 3. The van der Waals surface area contributed by atoms with E-state index in [2.05, 4.69) is 26.8 Å². The molecule has 0 bridgehead atoms. The number of allylic oxidation sites excluding steroid dienone is 4. The van der Waals surface area contributed by atoms with Gasteiger partial charge in [-0.25, -0.2) is 0 Å². The fourth-order valence-electron chi connectivity index (χ4n) is 6.72. The van der Waals surface area contributed by atoms with Crippen molar-refractivity contribution in [2.45, 2.75) is 71.8 Å². The van der Waals surface area contributed by atoms with Crippen LogP contribution in [0.15, 0.2) is 23.3 Å². The number of hydrogen-bond donors (Lipinski definition) is 1. The van der Waals surface area contributed by atoms with Crippen molar-refractivity contribution in [3.63, 3.8) is 0 Å². The lowest BCUT2D eigenvalue weighted by atomic mass is 9.43. The molecule has 0 aromatic rings. The summed E-state index contributed by atoms with van der Waals surface area (Å²) in [6.45, 7) is 8.35. The van der Waals surface area contributed by atoms with Crippen LogP contribution in [-0.4, -0.2) is 22.3 Å². The van der Waals surface area contributed by atoms with Crippen molar-refractivity contribution in [1.82, 2.24) is 0 Å². The molecule has 25 heavy (non-hydrogen) atoms. The summed E-state index contributed by atoms with van der Waals surface area (Å²) in [5, 5.41) is 11.1. The van der Waals surface area contributed by atoms with Crippen LogP contribution in [0, 0.1) is 28.6 Å². The Hall–Kier alpha value is -1.22. The van der Waals surface area contributed by atoms with Gasteiger partial charge in [-0.05, 0) is 74.3 Å². The summed E-state index contributed by atoms with van der Waals surface area (Å²) in [5.74, 6) is 1.51. The van der Waals surface area contributed by atoms with Gasteiger partial charge in [0.2, 0.25) is 0 Å². The molecule has 136 valence electrons. The first kappa shape index (κ1) is 17.2. The van der Waals surface area contributed by atoms with E-state index in [0.29, 0.717) is 30.6 Å². The average Bonchev–Trinajstić information content (AvgIpc) is 2.54. The molecule has 2 fully saturated rings. The first-order chi connectivity index (χ1) is 11.6. The van der Waals surface area contributed by atoms with Gasteiger partial charge in [0.1, 0.15) is 5.60 Å². The monoisotopic (exact) mass is 342 g/mol. The van der Waals surface area contributed by atoms with E-state index in [-0.39, 0.29) is 22.4 Å². The zero-order valence-corrected chi connectivity index (χ0v) is 15.9. The number of carbonyl (C=O) groups excluding carboxylic acids is 2. The van der Waals surface area contributed by atoms with Gasteiger partial charge in [-0.3, -0.25) is 9.59 Å². The molecule has 0 spiro atoms. The summed E-state index contributed by atoms with van der Waals surface area (Å²) in [4.78, 5) is 24.4. The molecule has 0 saturated heterocycles. The molecular weight excluding hydrogens is 312 g/mol. The van der Waals surface area contributed by atoms with Crippen molar-refractivity contribution < 1.29 is 14.7 Å². The summed E-state index contributed by atoms with van der Waals surface area (Å²) in [7, 11) is 0. The number of fused-ring (bicyclic) bond motifs is 5. The lowest BCUT2D eigenvalue weighted by Crippen LogP contribution is -2.62. The van der Waals surface area contributed by atoms with Gasteiger partial charge in [0.15, 0.2) is 11.6 Å². The van der Waals surface area contributed by atoms with Gasteiger partial charge in [0.25, 0.3) is 0 Å². The Morgan fingerprint density at radius 3 is 2.48 bits per heavy atom. The minimum Gasteiger partial charge on any atom is -0.382 e. The van der Waals surface area contributed by atoms with Gasteiger partial charge in [0, 0.05) is 18.3 Å². The van der Waals surface area contributed by atoms with Crippen LogP contribution in [0.5, 0.6) is 0 Å². The first-order valence-electron chi connectivity index (χ1n) is 9.81. The Kier molecular flexibility index (Phi) is 3.55. The standard InChI is InChI=1S/C22H30O3/c1-13-11-15-16(20(2)9-7-14(23)12-18(13)20)8-10-21(3)17(15)5-6-19(24)22(21,4)25/h11-12,15-17,25H,5-10H2,1-4H3/t15?,16?,17?,20?,21?,22-/m1/s1. The SMILES string of the molecule is CC1=CC2C(CCC3(C)C2CCC(=O)[C@@]3(C)O)C2(C)CCC(=O)C=C12. The second kappa shape index (κ2) is 5.16. The van der Waals surface area contributed by atoms with Crippen LogP contribution in [0.25, 0.3) is 0 Å². The third-order valence-electron chi connectivity index (χ3n) is 8.56. The molecule has 5 unspecified atom stereocenters. The van der Waals surface area contributed by atoms with Gasteiger partial charge in [0.05, 0.1) is 0 Å². The van der Waals surface area contributed by atoms with E-state index < -0.39 is 5.60 Å². The van der Waals surface area contributed by atoms with Crippen LogP contribution in [0.1, 0.15) is 66.2 Å². The molecule has 4 aliphatic rings. The van der Waals surface area contributed by atoms with Gasteiger partial charge in [-0.15, -0.1) is 0 Å². The Morgan fingerprint density at radius 1 is 1.04 bits per heavy atom. The molecule has 4 aliphatic carbocycles. The van der Waals surface area contributed by atoms with E-state index in [9.17, 15) is 14.7 Å². The molecular formula is C22H30O3. The minimum absolute atomic E-state index is 0.0104. The molecule has 0 amide bonds. The van der Waals surface area contributed by atoms with Crippen LogP contribution < -0.4 is 0 Å². The van der Waals surface area contributed by atoms with E-state index in [4.69, 9.17) is 0 Å². The van der Waals surface area contributed by atoms with Crippen molar-refractivity contribution in [3.8, 4) is 0 Å². The number of carbonyl (C=O) groups is 2. The lowest BCUT2D eigenvalue weighted by Gasteiger charge is -2.62. The van der Waals surface area contributed by atoms with E-state index in [0.717, 1.165) is 25.7 Å². The first-order valence-corrected chi connectivity index (χ1v) is 9.81. The Balaban J connectivity index is 1.81. The maximum Gasteiger partial charge on any atom is 0.164 e. The fourth-order valence-corrected chi connectivity index (χ4v) is 6.72. The highest BCUT2D eigenvalue weighted by molar-refractivity contribution is 5.92. The second-order valence-corrected chi connectivity index (χ2v) is 9.57. The lowest BCUT2D eigenvalue weighted by molar-refractivity contribution is -0.182. The fraction of sp³-hybridized carbons (Fsp3) is 0.727. The Labute approximate surface area is 150 Å². The predicted octanol–water partition coefficient (Wildman–Crippen LogP) is 4.00. The summed E-state index contributed by atoms with van der Waals surface area (Å²) in [5.41, 5.74) is 0.973. The maximum absolute atomic E-state index is 12.4. The van der Waals surface area contributed by atoms with Crippen molar-refractivity contribution in [3.05, 3.63) is 23.3 Å². The number of rotatable bonds is 0. The molecule has 2 saturated carbocycles. The third-order valence-corrected chi connectivity index (χ3v) is 8.56. The highest BCUT2D eigenvalue weighted by Crippen LogP contribution is 2.65. The van der Waals surface area contributed by atoms with Crippen LogP contribution >= 0.6 is 0 Å². The highest BCUT2D eigenvalue weighted by atomic mass is 16.3. The van der Waals surface area contributed by atoms with Gasteiger partial charge in [-0.2, -0.15) is 0 Å². The molecule has 3 nitrogen and oxygen atoms in total. The van der Waals surface area contributed by atoms with Crippen molar-refractivity contribution in [2.24, 2.45) is 28.6 Å². The normalized spacial score (nSPS) is 49.6. The van der Waals surface area contributed by atoms with Gasteiger partial charge >= 0.3 is 0 Å². The molecule has 3 heteroatoms. The molecule has 4 rings (SSSR count). The molecule has 0 aromatic carbocycles. The smallest absolute Gasteiger partial charge is 0.164 e. The van der Waals surface area contributed by atoms with Crippen LogP contribution in [0.2, 0.25) is 0 Å². The van der Waals surface area contributed by atoms with Gasteiger partial charge < -0.3 is 5.11 Å². The summed E-state index contributed by atoms with van der Waals surface area (Å²) in [6, 6.07) is 0. The molecule has 1 N–H and O–H groups in total. The maximum atomic E-state index is 12.4. The van der Waals surface area contributed by atoms with E-state index in [1.807, 2.05) is 6.08 Å². The topological polar surface area (TPSA) is 54.4 Å². The van der Waals surface area contributed by atoms with Crippen molar-refractivity contribution in [2.75, 3.05) is 0 Å². The third kappa shape index (κ3) is 2.08. The van der Waals surface area contributed by atoms with Crippen LogP contribution in [-0.2, 0) is 9.59 Å². The molecule has 6 atom stereocenters. The zero-order chi connectivity index (χ0) is 18.2. The molecule has 0 radical (unpaired) electrons. The quantitative estimate of drug-likeness (QED) is 0.724. The number of ketones is 2. The van der Waals surface area contributed by atoms with Crippen LogP contribution in [0.4, 0.5) is 0 Å². The highest BCUT2D eigenvalue weighted by Gasteiger charge is 2.62. The number of aliphatic hydroxyl groups is 1. The summed E-state index contributed by atoms with van der Waals surface area (Å²) in [6.07, 6.45) is 9.11. The summed E-state index contributed by atoms with van der Waals surface area (Å²) < 4.78 is 0.